The molecule has 9 heteroatoms. The number of benzene rings is 4. The van der Waals surface area contributed by atoms with Gasteiger partial charge in [0.15, 0.2) is 0 Å². The number of rotatable bonds is 13. The zero-order chi connectivity index (χ0) is 42.3. The summed E-state index contributed by atoms with van der Waals surface area (Å²) in [5.41, 5.74) is 6.18. The van der Waals surface area contributed by atoms with Gasteiger partial charge in [0.2, 0.25) is 5.91 Å². The van der Waals surface area contributed by atoms with Crippen molar-refractivity contribution in [2.75, 3.05) is 16.0 Å². The van der Waals surface area contributed by atoms with Gasteiger partial charge in [-0.15, -0.1) is 0 Å². The Hall–Kier alpha value is -5.44. The molecular formula is C48H61N3O6. The van der Waals surface area contributed by atoms with Gasteiger partial charge in [-0.3, -0.25) is 20.2 Å². The van der Waals surface area contributed by atoms with Crippen LogP contribution in [-0.4, -0.2) is 23.9 Å². The number of ketones is 1. The fourth-order valence-corrected chi connectivity index (χ4v) is 7.71. The summed E-state index contributed by atoms with van der Waals surface area (Å²) in [6, 6.07) is 25.5. The van der Waals surface area contributed by atoms with Crippen LogP contribution in [0.1, 0.15) is 116 Å². The lowest BCUT2D eigenvalue weighted by Crippen LogP contribution is -2.24. The average molecular weight is 776 g/mol. The summed E-state index contributed by atoms with van der Waals surface area (Å²) in [7, 11) is 0. The Kier molecular flexibility index (Phi) is 13.8. The maximum absolute atomic E-state index is 13.0. The van der Waals surface area contributed by atoms with Crippen molar-refractivity contribution < 1.29 is 28.7 Å². The molecule has 57 heavy (non-hydrogen) atoms. The minimum Gasteiger partial charge on any atom is -0.410 e. The van der Waals surface area contributed by atoms with Crippen molar-refractivity contribution in [3.63, 3.8) is 0 Å². The van der Waals surface area contributed by atoms with Gasteiger partial charge in [0, 0.05) is 23.5 Å². The highest BCUT2D eigenvalue weighted by Gasteiger charge is 2.28. The highest BCUT2D eigenvalue weighted by atomic mass is 16.6. The smallest absolute Gasteiger partial charge is 0.410 e. The van der Waals surface area contributed by atoms with E-state index in [1.807, 2.05) is 38.1 Å². The van der Waals surface area contributed by atoms with Gasteiger partial charge in [0.1, 0.15) is 17.3 Å². The Bertz CT molecular complexity index is 1920. The van der Waals surface area contributed by atoms with E-state index in [1.54, 1.807) is 60.7 Å². The number of hydrogen-bond acceptors (Lipinski definition) is 6. The van der Waals surface area contributed by atoms with Crippen LogP contribution >= 0.6 is 0 Å². The molecule has 0 aromatic heterocycles. The van der Waals surface area contributed by atoms with E-state index in [4.69, 9.17) is 9.47 Å². The number of carbonyl (C=O) groups is 4. The maximum Gasteiger partial charge on any atom is 0.417 e. The maximum atomic E-state index is 13.0. The summed E-state index contributed by atoms with van der Waals surface area (Å²) < 4.78 is 11.1. The summed E-state index contributed by atoms with van der Waals surface area (Å²) in [5, 5.41) is 8.29. The van der Waals surface area contributed by atoms with Crippen LogP contribution in [0.4, 0.5) is 26.7 Å². The third-order valence-electron chi connectivity index (χ3n) is 9.69. The van der Waals surface area contributed by atoms with Gasteiger partial charge in [-0.2, -0.15) is 0 Å². The first-order valence-corrected chi connectivity index (χ1v) is 19.6. The topological polar surface area (TPSA) is 123 Å². The molecule has 0 spiro atoms. The summed E-state index contributed by atoms with van der Waals surface area (Å²) >= 11 is 0. The summed E-state index contributed by atoms with van der Waals surface area (Å²) in [6.07, 6.45) is 0.325. The monoisotopic (exact) mass is 775 g/mol. The van der Waals surface area contributed by atoms with Crippen molar-refractivity contribution in [2.45, 2.75) is 120 Å². The molecule has 0 aliphatic carbocycles. The van der Waals surface area contributed by atoms with Gasteiger partial charge < -0.3 is 14.8 Å². The normalized spacial score (nSPS) is 12.1. The fraction of sp³-hybridized carbons (Fsp3) is 0.417. The number of amides is 3. The zero-order valence-corrected chi connectivity index (χ0v) is 35.9. The first-order chi connectivity index (χ1) is 26.4. The Balaban J connectivity index is 1.29. The van der Waals surface area contributed by atoms with Crippen LogP contribution in [0.25, 0.3) is 0 Å². The molecule has 3 N–H and O–H groups in total. The second-order valence-electron chi connectivity index (χ2n) is 18.9. The van der Waals surface area contributed by atoms with Crippen molar-refractivity contribution in [1.82, 2.24) is 0 Å². The van der Waals surface area contributed by atoms with Crippen LogP contribution in [0.15, 0.2) is 84.9 Å². The van der Waals surface area contributed by atoms with Crippen molar-refractivity contribution in [1.29, 1.82) is 0 Å². The Labute approximate surface area is 339 Å². The number of anilines is 3. The van der Waals surface area contributed by atoms with Crippen LogP contribution < -0.4 is 25.4 Å². The number of aryl methyl sites for hydroxylation is 2. The van der Waals surface area contributed by atoms with E-state index < -0.39 is 18.1 Å². The largest absolute Gasteiger partial charge is 0.417 e. The quantitative estimate of drug-likeness (QED) is 0.116. The van der Waals surface area contributed by atoms with E-state index in [2.05, 4.69) is 85.2 Å². The summed E-state index contributed by atoms with van der Waals surface area (Å²) in [6.45, 7) is 25.8. The first-order valence-electron chi connectivity index (χ1n) is 19.6. The lowest BCUT2D eigenvalue weighted by Gasteiger charge is -2.33. The van der Waals surface area contributed by atoms with Crippen molar-refractivity contribution in [3.05, 3.63) is 113 Å². The number of ether oxygens (including phenoxy) is 2. The van der Waals surface area contributed by atoms with Crippen LogP contribution in [0.3, 0.4) is 0 Å². The molecular weight excluding hydrogens is 715 g/mol. The van der Waals surface area contributed by atoms with Gasteiger partial charge in [0.25, 0.3) is 0 Å². The van der Waals surface area contributed by atoms with Gasteiger partial charge in [-0.05, 0) is 119 Å². The van der Waals surface area contributed by atoms with E-state index in [-0.39, 0.29) is 40.3 Å². The van der Waals surface area contributed by atoms with Gasteiger partial charge in [-0.1, -0.05) is 112 Å². The molecule has 0 radical (unpaired) electrons. The third kappa shape index (κ3) is 13.9. The molecule has 0 saturated heterocycles. The average Bonchev–Trinajstić information content (AvgIpc) is 3.06. The zero-order valence-electron chi connectivity index (χ0n) is 35.9. The number of nitrogens with one attached hydrogen (secondary N) is 3. The van der Waals surface area contributed by atoms with Crippen LogP contribution in [0, 0.1) is 24.7 Å². The molecule has 304 valence electrons. The number of carbonyl (C=O) groups excluding carboxylic acids is 4. The van der Waals surface area contributed by atoms with Gasteiger partial charge >= 0.3 is 12.2 Å². The van der Waals surface area contributed by atoms with Crippen molar-refractivity contribution in [2.24, 2.45) is 10.8 Å². The Morgan fingerprint density at radius 1 is 0.526 bits per heavy atom. The lowest BCUT2D eigenvalue weighted by molar-refractivity contribution is -0.125. The second kappa shape index (κ2) is 17.8. The molecule has 0 aliphatic heterocycles. The van der Waals surface area contributed by atoms with E-state index in [0.717, 1.165) is 29.5 Å². The molecule has 0 bridgehead atoms. The third-order valence-corrected chi connectivity index (χ3v) is 9.69. The lowest BCUT2D eigenvalue weighted by atomic mass is 9.72. The first kappa shape index (κ1) is 44.3. The van der Waals surface area contributed by atoms with Crippen LogP contribution in [-0.2, 0) is 26.8 Å². The SMILES string of the molecule is Cc1ccc(CC(=O)CC(=O)Nc2ccc(C)c(NC(=O)Oc3ccc(C(C)(C)CC(C)(C)C)cc3)c2)cc1NC(=O)Oc1ccc(C(C)(C)CC(C)(C)C)cc1. The molecule has 0 unspecified atom stereocenters. The van der Waals surface area contributed by atoms with Crippen LogP contribution in [0.5, 0.6) is 11.5 Å². The van der Waals surface area contributed by atoms with Gasteiger partial charge in [0.05, 0.1) is 6.42 Å². The predicted octanol–water partition coefficient (Wildman–Crippen LogP) is 12.1. The molecule has 3 amide bonds. The molecule has 0 fully saturated rings. The van der Waals surface area contributed by atoms with E-state index in [0.29, 0.717) is 34.1 Å². The van der Waals surface area contributed by atoms with E-state index in [1.165, 1.54) is 5.56 Å². The molecule has 4 rings (SSSR count). The minimum atomic E-state index is -0.663. The van der Waals surface area contributed by atoms with Crippen molar-refractivity contribution >= 4 is 40.9 Å². The van der Waals surface area contributed by atoms with Gasteiger partial charge in [-0.25, -0.2) is 9.59 Å². The molecule has 0 saturated carbocycles. The highest BCUT2D eigenvalue weighted by molar-refractivity contribution is 6.05. The molecule has 9 nitrogen and oxygen atoms in total. The highest BCUT2D eigenvalue weighted by Crippen LogP contribution is 2.38. The predicted molar refractivity (Wildman–Crippen MR) is 231 cm³/mol. The summed E-state index contributed by atoms with van der Waals surface area (Å²) in [4.78, 5) is 51.5. The molecule has 4 aromatic carbocycles. The van der Waals surface area contributed by atoms with Crippen LogP contribution in [0.2, 0.25) is 0 Å². The molecule has 4 aromatic rings. The summed E-state index contributed by atoms with van der Waals surface area (Å²) in [5.74, 6) is 0.0397. The van der Waals surface area contributed by atoms with E-state index >= 15 is 0 Å². The van der Waals surface area contributed by atoms with Crippen molar-refractivity contribution in [3.8, 4) is 11.5 Å². The number of hydrogen-bond donors (Lipinski definition) is 3. The second-order valence-corrected chi connectivity index (χ2v) is 18.9. The standard InChI is InChI=1S/C48H61N3O6/c1-31-13-15-33(26-40(31)50-43(54)56-38-21-16-34(17-22-38)47(9,10)29-45(3,4)5)25-37(52)28-42(53)49-36-20-14-32(2)41(27-36)51-44(55)57-39-23-18-35(19-24-39)48(11,12)30-46(6,7)8/h13-24,26-27H,25,28-30H2,1-12H3,(H,49,53)(H,50,54)(H,51,55). The Morgan fingerprint density at radius 3 is 1.39 bits per heavy atom. The molecule has 0 aliphatic rings. The fourth-order valence-electron chi connectivity index (χ4n) is 7.71. The van der Waals surface area contributed by atoms with E-state index in [9.17, 15) is 19.2 Å². The molecule has 0 atom stereocenters. The molecule has 0 heterocycles. The Morgan fingerprint density at radius 2 is 0.947 bits per heavy atom. The number of Topliss-reactive ketones (excluding diaryl/α,β-unsaturated/α-hetero) is 1. The minimum absolute atomic E-state index is 0.00908.